The molecule has 1 atom stereocenters. The van der Waals surface area contributed by atoms with Crippen molar-refractivity contribution in [1.82, 2.24) is 24.1 Å². The molecule has 0 radical (unpaired) electrons. The number of hydrogen-bond donors (Lipinski definition) is 0. The van der Waals surface area contributed by atoms with Gasteiger partial charge in [0.05, 0.1) is 22.3 Å². The Morgan fingerprint density at radius 1 is 1.09 bits per heavy atom. The van der Waals surface area contributed by atoms with E-state index in [0.29, 0.717) is 28.1 Å². The van der Waals surface area contributed by atoms with Gasteiger partial charge in [-0.15, -0.1) is 10.2 Å². The van der Waals surface area contributed by atoms with E-state index >= 15 is 0 Å². The normalized spacial score (nSPS) is 16.5. The molecule has 0 N–H and O–H groups in total. The lowest BCUT2D eigenvalue weighted by Gasteiger charge is -2.35. The van der Waals surface area contributed by atoms with Crippen molar-refractivity contribution in [2.24, 2.45) is 0 Å². The Balaban J connectivity index is 1.56. The predicted molar refractivity (Wildman–Crippen MR) is 131 cm³/mol. The third-order valence-corrected chi connectivity index (χ3v) is 7.34. The Labute approximate surface area is 196 Å². The first-order valence-corrected chi connectivity index (χ1v) is 12.4. The fourth-order valence-electron chi connectivity index (χ4n) is 4.66. The molecule has 2 aromatic carbocycles. The Hall–Kier alpha value is -3.13. The first-order valence-electron chi connectivity index (χ1n) is 11.5. The number of nitrogens with zero attached hydrogens (tertiary/aromatic N) is 5. The fourth-order valence-corrected chi connectivity index (χ4v) is 5.49. The monoisotopic (exact) mass is 461 g/mol. The van der Waals surface area contributed by atoms with Crippen LogP contribution in [0.1, 0.15) is 38.2 Å². The van der Waals surface area contributed by atoms with E-state index in [9.17, 15) is 9.59 Å². The summed E-state index contributed by atoms with van der Waals surface area (Å²) < 4.78 is 3.49. The van der Waals surface area contributed by atoms with E-state index in [1.165, 1.54) is 18.2 Å². The van der Waals surface area contributed by atoms with Gasteiger partial charge in [-0.25, -0.2) is 4.57 Å². The summed E-state index contributed by atoms with van der Waals surface area (Å²) in [6.45, 7) is 4.98. The number of benzene rings is 2. The highest BCUT2D eigenvalue weighted by molar-refractivity contribution is 7.99. The second kappa shape index (κ2) is 9.02. The number of carbonyl (C=O) groups excluding carboxylic acids is 1. The van der Waals surface area contributed by atoms with Crippen molar-refractivity contribution in [3.8, 4) is 5.69 Å². The zero-order chi connectivity index (χ0) is 22.9. The molecule has 0 bridgehead atoms. The molecule has 1 saturated heterocycles. The first-order chi connectivity index (χ1) is 16.1. The summed E-state index contributed by atoms with van der Waals surface area (Å²) in [5.41, 5.74) is 2.45. The summed E-state index contributed by atoms with van der Waals surface area (Å²) in [6.07, 6.45) is 4.31. The van der Waals surface area contributed by atoms with Gasteiger partial charge in [0.25, 0.3) is 5.56 Å². The molecule has 7 nitrogen and oxygen atoms in total. The summed E-state index contributed by atoms with van der Waals surface area (Å²) >= 11 is 1.38. The van der Waals surface area contributed by atoms with E-state index in [2.05, 4.69) is 17.1 Å². The van der Waals surface area contributed by atoms with Crippen LogP contribution < -0.4 is 5.56 Å². The van der Waals surface area contributed by atoms with Crippen molar-refractivity contribution in [1.29, 1.82) is 0 Å². The topological polar surface area (TPSA) is 72.5 Å². The molecule has 1 fully saturated rings. The second-order valence-corrected chi connectivity index (χ2v) is 9.49. The molecule has 0 spiro atoms. The molecule has 1 aliphatic rings. The smallest absolute Gasteiger partial charge is 0.267 e. The zero-order valence-electron chi connectivity index (χ0n) is 18.9. The van der Waals surface area contributed by atoms with Gasteiger partial charge in [-0.3, -0.25) is 14.0 Å². The average Bonchev–Trinajstić information content (AvgIpc) is 3.27. The van der Waals surface area contributed by atoms with Crippen molar-refractivity contribution in [3.05, 3.63) is 64.4 Å². The van der Waals surface area contributed by atoms with Gasteiger partial charge in [-0.1, -0.05) is 48.5 Å². The van der Waals surface area contributed by atoms with Crippen LogP contribution in [-0.4, -0.2) is 48.3 Å². The number of para-hydroxylation sites is 1. The Morgan fingerprint density at radius 3 is 2.67 bits per heavy atom. The molecule has 170 valence electrons. The van der Waals surface area contributed by atoms with E-state index in [-0.39, 0.29) is 11.5 Å². The molecule has 1 aliphatic heterocycles. The Morgan fingerprint density at radius 2 is 1.88 bits per heavy atom. The molecule has 4 aromatic rings. The van der Waals surface area contributed by atoms with Crippen LogP contribution in [0.2, 0.25) is 0 Å². The minimum absolute atomic E-state index is 0.138. The molecule has 8 heteroatoms. The summed E-state index contributed by atoms with van der Waals surface area (Å²) in [7, 11) is 0. The van der Waals surface area contributed by atoms with E-state index in [4.69, 9.17) is 0 Å². The van der Waals surface area contributed by atoms with Gasteiger partial charge in [-0.05, 0) is 56.9 Å². The molecule has 5 rings (SSSR count). The van der Waals surface area contributed by atoms with Crippen LogP contribution >= 0.6 is 11.8 Å². The molecule has 1 unspecified atom stereocenters. The van der Waals surface area contributed by atoms with Gasteiger partial charge < -0.3 is 4.90 Å². The quantitative estimate of drug-likeness (QED) is 0.416. The average molecular weight is 462 g/mol. The number of piperidine rings is 1. The summed E-state index contributed by atoms with van der Waals surface area (Å²) in [5, 5.41) is 9.97. The molecule has 3 heterocycles. The standard InChI is InChI=1S/C25H27N5O2S/c1-3-18-8-6-7-15-28(18)22(31)16-33-25-27-26-24-29(19-13-11-17(2)12-14-19)23(32)20-9-4-5-10-21(20)30(24)25/h4-5,9-14,18H,3,6-8,15-16H2,1-2H3. The molecule has 2 aromatic heterocycles. The van der Waals surface area contributed by atoms with Crippen LogP contribution in [0.15, 0.2) is 58.5 Å². The van der Waals surface area contributed by atoms with Crippen molar-refractivity contribution < 1.29 is 4.79 Å². The molecule has 33 heavy (non-hydrogen) atoms. The molecular weight excluding hydrogens is 434 g/mol. The molecule has 1 amide bonds. The lowest BCUT2D eigenvalue weighted by Crippen LogP contribution is -2.44. The van der Waals surface area contributed by atoms with Crippen LogP contribution in [0.3, 0.4) is 0 Å². The Kier molecular flexibility index (Phi) is 5.93. The fraction of sp³-hybridized carbons (Fsp3) is 0.360. The van der Waals surface area contributed by atoms with Gasteiger partial charge in [-0.2, -0.15) is 0 Å². The van der Waals surface area contributed by atoms with Crippen LogP contribution in [0.5, 0.6) is 0 Å². The zero-order valence-corrected chi connectivity index (χ0v) is 19.7. The van der Waals surface area contributed by atoms with Crippen molar-refractivity contribution in [3.63, 3.8) is 0 Å². The molecule has 0 aliphatic carbocycles. The van der Waals surface area contributed by atoms with Gasteiger partial charge >= 0.3 is 0 Å². The maximum Gasteiger partial charge on any atom is 0.267 e. The van der Waals surface area contributed by atoms with Crippen molar-refractivity contribution >= 4 is 34.3 Å². The molecule has 0 saturated carbocycles. The minimum atomic E-state index is -0.138. The number of rotatable bonds is 5. The number of carbonyl (C=O) groups is 1. The number of aromatic nitrogens is 4. The second-order valence-electron chi connectivity index (χ2n) is 8.54. The number of thioether (sulfide) groups is 1. The number of amides is 1. The number of aryl methyl sites for hydroxylation is 1. The van der Waals surface area contributed by atoms with E-state index in [0.717, 1.165) is 42.6 Å². The lowest BCUT2D eigenvalue weighted by atomic mass is 10.0. The minimum Gasteiger partial charge on any atom is -0.339 e. The summed E-state index contributed by atoms with van der Waals surface area (Å²) in [4.78, 5) is 28.5. The highest BCUT2D eigenvalue weighted by atomic mass is 32.2. The van der Waals surface area contributed by atoms with E-state index in [1.54, 1.807) is 4.57 Å². The van der Waals surface area contributed by atoms with E-state index < -0.39 is 0 Å². The number of fused-ring (bicyclic) bond motifs is 3. The van der Waals surface area contributed by atoms with Gasteiger partial charge in [0.2, 0.25) is 11.7 Å². The maximum absolute atomic E-state index is 13.4. The van der Waals surface area contributed by atoms with Gasteiger partial charge in [0.15, 0.2) is 5.16 Å². The van der Waals surface area contributed by atoms with Crippen LogP contribution in [0, 0.1) is 6.92 Å². The highest BCUT2D eigenvalue weighted by Crippen LogP contribution is 2.25. The van der Waals surface area contributed by atoms with Gasteiger partial charge in [0.1, 0.15) is 0 Å². The van der Waals surface area contributed by atoms with Crippen molar-refractivity contribution in [2.45, 2.75) is 50.7 Å². The van der Waals surface area contributed by atoms with Crippen LogP contribution in [0.4, 0.5) is 0 Å². The third-order valence-electron chi connectivity index (χ3n) is 6.43. The summed E-state index contributed by atoms with van der Waals surface area (Å²) in [6, 6.07) is 15.6. The van der Waals surface area contributed by atoms with Gasteiger partial charge in [0, 0.05) is 12.6 Å². The first kappa shape index (κ1) is 21.7. The number of hydrogen-bond acceptors (Lipinski definition) is 5. The lowest BCUT2D eigenvalue weighted by molar-refractivity contribution is -0.132. The summed E-state index contributed by atoms with van der Waals surface area (Å²) in [5.74, 6) is 0.885. The van der Waals surface area contributed by atoms with Crippen LogP contribution in [-0.2, 0) is 4.79 Å². The highest BCUT2D eigenvalue weighted by Gasteiger charge is 2.26. The SMILES string of the molecule is CCC1CCCCN1C(=O)CSc1nnc2n(-c3ccc(C)cc3)c(=O)c3ccccc3n12. The Bertz CT molecular complexity index is 1380. The van der Waals surface area contributed by atoms with E-state index in [1.807, 2.05) is 64.8 Å². The number of likely N-dealkylation sites (tertiary alicyclic amines) is 1. The molecular formula is C25H27N5O2S. The van der Waals surface area contributed by atoms with Crippen molar-refractivity contribution in [2.75, 3.05) is 12.3 Å². The largest absolute Gasteiger partial charge is 0.339 e. The predicted octanol–water partition coefficient (Wildman–Crippen LogP) is 4.23. The van der Waals surface area contributed by atoms with Crippen LogP contribution in [0.25, 0.3) is 22.4 Å². The third kappa shape index (κ3) is 3.93. The maximum atomic E-state index is 13.4.